The van der Waals surface area contributed by atoms with Gasteiger partial charge in [-0.25, -0.2) is 0 Å². The Labute approximate surface area is 267 Å². The number of para-hydroxylation sites is 1. The minimum Gasteiger partial charge on any atom is -0.493 e. The Balaban J connectivity index is 0.00000295. The van der Waals surface area contributed by atoms with E-state index in [1.165, 1.54) is 140 Å². The van der Waals surface area contributed by atoms with Gasteiger partial charge < -0.3 is 14.2 Å². The van der Waals surface area contributed by atoms with Gasteiger partial charge in [0.15, 0.2) is 0 Å². The first kappa shape index (κ1) is 39.0. The van der Waals surface area contributed by atoms with Crippen molar-refractivity contribution in [3.8, 4) is 17.2 Å². The van der Waals surface area contributed by atoms with Crippen molar-refractivity contribution < 1.29 is 14.2 Å². The molecule has 3 nitrogen and oxygen atoms in total. The minimum absolute atomic E-state index is 0.688. The van der Waals surface area contributed by atoms with E-state index < -0.39 is 0 Å². The average molecular weight is 597 g/mol. The van der Waals surface area contributed by atoms with Crippen molar-refractivity contribution in [2.24, 2.45) is 0 Å². The van der Waals surface area contributed by atoms with Crippen LogP contribution < -0.4 is 9.47 Å². The van der Waals surface area contributed by atoms with Crippen LogP contribution >= 0.6 is 0 Å². The van der Waals surface area contributed by atoms with Gasteiger partial charge in [0.25, 0.3) is 0 Å². The lowest BCUT2D eigenvalue weighted by molar-refractivity contribution is 0.277. The molecule has 0 radical (unpaired) electrons. The van der Waals surface area contributed by atoms with E-state index in [1.54, 1.807) is 14.2 Å². The summed E-state index contributed by atoms with van der Waals surface area (Å²) in [6.45, 7) is 7.35. The average Bonchev–Trinajstić information content (AvgIpc) is 3.02. The summed E-state index contributed by atoms with van der Waals surface area (Å²) in [6.07, 6.45) is 29.4. The van der Waals surface area contributed by atoms with Crippen molar-refractivity contribution in [3.05, 3.63) is 53.6 Å². The van der Waals surface area contributed by atoms with E-state index in [0.717, 1.165) is 30.1 Å². The molecule has 246 valence electrons. The van der Waals surface area contributed by atoms with Gasteiger partial charge in [0.2, 0.25) is 0 Å². The third-order valence-corrected chi connectivity index (χ3v) is 8.14. The maximum absolute atomic E-state index is 6.61. The molecule has 0 unspecified atom stereocenters. The Morgan fingerprint density at radius 3 is 1.40 bits per heavy atom. The highest BCUT2D eigenvalue weighted by Gasteiger charge is 2.17. The summed E-state index contributed by atoms with van der Waals surface area (Å²) in [5, 5.41) is 0. The molecule has 0 amide bonds. The lowest BCUT2D eigenvalue weighted by Crippen LogP contribution is -2.03. The monoisotopic (exact) mass is 597 g/mol. The number of methoxy groups -OCH3 is 1. The number of hydrogen-bond acceptors (Lipinski definition) is 3. The van der Waals surface area contributed by atoms with Crippen LogP contribution in [0, 0.1) is 0 Å². The summed E-state index contributed by atoms with van der Waals surface area (Å²) in [7, 11) is 3.25. The maximum Gasteiger partial charge on any atom is 0.137 e. The van der Waals surface area contributed by atoms with E-state index in [4.69, 9.17) is 9.47 Å². The van der Waals surface area contributed by atoms with Crippen LogP contribution in [0.3, 0.4) is 0 Å². The fraction of sp³-hybridized carbons (Fsp3) is 0.700. The van der Waals surface area contributed by atoms with Crippen molar-refractivity contribution in [2.75, 3.05) is 20.8 Å². The lowest BCUT2D eigenvalue weighted by Gasteiger charge is -2.19. The zero-order valence-electron chi connectivity index (χ0n) is 29.0. The van der Waals surface area contributed by atoms with E-state index in [1.807, 2.05) is 0 Å². The predicted molar refractivity (Wildman–Crippen MR) is 188 cm³/mol. The largest absolute Gasteiger partial charge is 0.493 e. The number of aryl methyl sites for hydroxylation is 1. The Morgan fingerprint density at radius 2 is 0.930 bits per heavy atom. The molecule has 0 saturated carbocycles. The van der Waals surface area contributed by atoms with Crippen molar-refractivity contribution in [2.45, 2.75) is 162 Å². The van der Waals surface area contributed by atoms with Crippen LogP contribution in [-0.2, 0) is 17.6 Å². The van der Waals surface area contributed by atoms with Gasteiger partial charge in [-0.2, -0.15) is 0 Å². The van der Waals surface area contributed by atoms with E-state index in [0.29, 0.717) is 6.61 Å². The van der Waals surface area contributed by atoms with Gasteiger partial charge in [-0.05, 0) is 56.4 Å². The number of ether oxygens (including phenoxy) is 3. The van der Waals surface area contributed by atoms with Gasteiger partial charge in [0.1, 0.15) is 17.2 Å². The predicted octanol–water partition coefficient (Wildman–Crippen LogP) is 13.1. The van der Waals surface area contributed by atoms with Gasteiger partial charge in [0, 0.05) is 19.8 Å². The van der Waals surface area contributed by atoms with Crippen molar-refractivity contribution >= 4 is 0 Å². The first-order valence-corrected chi connectivity index (χ1v) is 18.1. The number of unbranched alkanes of at least 4 members (excludes halogenated alkanes) is 18. The standard InChI is InChI=1S/C38H62O2.C2H6O/c1-4-7-9-11-13-14-15-16-17-18-19-20-22-27-31-36-37(39-6-3)33-32-34(28-24-21-12-10-8-5-2)38(36)40-35-29-25-23-26-30-35;1-3-2/h23,25-26,29-30,32-33H,4-22,24,27-28,31H2,1-3H3;1-2H3. The summed E-state index contributed by atoms with van der Waals surface area (Å²) in [5.74, 6) is 2.98. The third-order valence-electron chi connectivity index (χ3n) is 8.14. The van der Waals surface area contributed by atoms with E-state index in [2.05, 4.69) is 68.0 Å². The molecule has 2 aromatic carbocycles. The van der Waals surface area contributed by atoms with Gasteiger partial charge in [-0.1, -0.05) is 154 Å². The lowest BCUT2D eigenvalue weighted by atomic mass is 9.97. The highest BCUT2D eigenvalue weighted by Crippen LogP contribution is 2.38. The Kier molecular flexibility index (Phi) is 26.1. The van der Waals surface area contributed by atoms with Crippen LogP contribution in [0.4, 0.5) is 0 Å². The van der Waals surface area contributed by atoms with Gasteiger partial charge in [-0.3, -0.25) is 0 Å². The smallest absolute Gasteiger partial charge is 0.137 e. The molecular formula is C40H68O3. The molecule has 0 aliphatic heterocycles. The summed E-state index contributed by atoms with van der Waals surface area (Å²) < 4.78 is 17.0. The normalized spacial score (nSPS) is 10.8. The molecule has 2 aromatic rings. The second-order valence-corrected chi connectivity index (χ2v) is 12.2. The molecular weight excluding hydrogens is 528 g/mol. The molecule has 2 rings (SSSR count). The fourth-order valence-corrected chi connectivity index (χ4v) is 5.71. The molecule has 0 aromatic heterocycles. The molecule has 0 spiro atoms. The summed E-state index contributed by atoms with van der Waals surface area (Å²) >= 11 is 0. The molecule has 0 saturated heterocycles. The van der Waals surface area contributed by atoms with Crippen LogP contribution in [0.2, 0.25) is 0 Å². The minimum atomic E-state index is 0.688. The second kappa shape index (κ2) is 28.8. The highest BCUT2D eigenvalue weighted by molar-refractivity contribution is 5.52. The molecule has 0 fully saturated rings. The SMILES string of the molecule is CCCCCCCCCCCCCCCCc1c(OCC)ccc(CCCCCCCC)c1Oc1ccccc1.COC. The molecule has 0 atom stereocenters. The fourth-order valence-electron chi connectivity index (χ4n) is 5.71. The summed E-state index contributed by atoms with van der Waals surface area (Å²) in [5.41, 5.74) is 2.61. The number of hydrogen-bond donors (Lipinski definition) is 0. The van der Waals surface area contributed by atoms with Crippen LogP contribution in [-0.4, -0.2) is 20.8 Å². The zero-order valence-corrected chi connectivity index (χ0v) is 29.0. The second-order valence-electron chi connectivity index (χ2n) is 12.2. The topological polar surface area (TPSA) is 27.7 Å². The molecule has 0 aliphatic rings. The van der Waals surface area contributed by atoms with Crippen molar-refractivity contribution in [1.82, 2.24) is 0 Å². The molecule has 0 heterocycles. The van der Waals surface area contributed by atoms with Gasteiger partial charge in [0.05, 0.1) is 6.61 Å². The highest BCUT2D eigenvalue weighted by atomic mass is 16.5. The molecule has 3 heteroatoms. The quantitative estimate of drug-likeness (QED) is 0.101. The van der Waals surface area contributed by atoms with E-state index in [9.17, 15) is 0 Å². The molecule has 0 bridgehead atoms. The van der Waals surface area contributed by atoms with Gasteiger partial charge >= 0.3 is 0 Å². The van der Waals surface area contributed by atoms with Gasteiger partial charge in [-0.15, -0.1) is 0 Å². The van der Waals surface area contributed by atoms with Crippen LogP contribution in [0.1, 0.15) is 160 Å². The van der Waals surface area contributed by atoms with Crippen molar-refractivity contribution in [1.29, 1.82) is 0 Å². The first-order valence-electron chi connectivity index (χ1n) is 18.1. The number of benzene rings is 2. The number of rotatable bonds is 26. The van der Waals surface area contributed by atoms with E-state index in [-0.39, 0.29) is 0 Å². The molecule has 0 N–H and O–H groups in total. The van der Waals surface area contributed by atoms with Crippen LogP contribution in [0.5, 0.6) is 17.2 Å². The Bertz CT molecular complexity index is 864. The third kappa shape index (κ3) is 19.8. The Morgan fingerprint density at radius 1 is 0.488 bits per heavy atom. The van der Waals surface area contributed by atoms with E-state index >= 15 is 0 Å². The summed E-state index contributed by atoms with van der Waals surface area (Å²) in [6, 6.07) is 14.8. The Hall–Kier alpha value is -2.00. The molecule has 0 aliphatic carbocycles. The van der Waals surface area contributed by atoms with Crippen molar-refractivity contribution in [3.63, 3.8) is 0 Å². The zero-order chi connectivity index (χ0) is 31.2. The summed E-state index contributed by atoms with van der Waals surface area (Å²) in [4.78, 5) is 0. The first-order chi connectivity index (χ1) is 21.2. The maximum atomic E-state index is 6.61. The van der Waals surface area contributed by atoms with Crippen LogP contribution in [0.25, 0.3) is 0 Å². The van der Waals surface area contributed by atoms with Crippen LogP contribution in [0.15, 0.2) is 42.5 Å². The molecule has 43 heavy (non-hydrogen) atoms.